The van der Waals surface area contributed by atoms with E-state index in [9.17, 15) is 9.90 Å². The molecule has 0 radical (unpaired) electrons. The van der Waals surface area contributed by atoms with Gasteiger partial charge in [0.2, 0.25) is 0 Å². The Balaban J connectivity index is 3.00. The van der Waals surface area contributed by atoms with Crippen LogP contribution in [0, 0.1) is 0 Å². The molecule has 0 aliphatic carbocycles. The van der Waals surface area contributed by atoms with Gasteiger partial charge >= 0.3 is 6.09 Å². The molecule has 64 valence electrons. The summed E-state index contributed by atoms with van der Waals surface area (Å²) in [6, 6.07) is 4.70. The summed E-state index contributed by atoms with van der Waals surface area (Å²) in [4.78, 5) is 10.2. The van der Waals surface area contributed by atoms with Crippen molar-refractivity contribution in [2.45, 2.75) is 0 Å². The highest BCUT2D eigenvalue weighted by molar-refractivity contribution is 9.10. The van der Waals surface area contributed by atoms with Crippen LogP contribution in [0.15, 0.2) is 22.7 Å². The quantitative estimate of drug-likeness (QED) is 0.650. The van der Waals surface area contributed by atoms with Gasteiger partial charge in [-0.15, -0.1) is 0 Å². The lowest BCUT2D eigenvalue weighted by Crippen LogP contribution is -2.07. The molecule has 12 heavy (non-hydrogen) atoms. The smallest absolute Gasteiger partial charge is 0.409 e. The molecule has 1 aromatic carbocycles. The van der Waals surface area contributed by atoms with Crippen molar-refractivity contribution in [1.29, 1.82) is 0 Å². The van der Waals surface area contributed by atoms with Crippen LogP contribution in [0.5, 0.6) is 5.75 Å². The summed E-state index contributed by atoms with van der Waals surface area (Å²) in [5.74, 6) is -0.111. The lowest BCUT2D eigenvalue weighted by Gasteiger charge is -2.04. The molecule has 0 heterocycles. The fourth-order valence-electron chi connectivity index (χ4n) is 0.731. The average Bonchev–Trinajstić information content (AvgIpc) is 1.98. The number of nitrogens with one attached hydrogen (secondary N) is 1. The summed E-state index contributed by atoms with van der Waals surface area (Å²) in [7, 11) is 0. The minimum absolute atomic E-state index is 0.111. The molecule has 1 aromatic rings. The monoisotopic (exact) mass is 231 g/mol. The fourth-order valence-corrected chi connectivity index (χ4v) is 1.10. The van der Waals surface area contributed by atoms with Gasteiger partial charge in [-0.25, -0.2) is 4.79 Å². The molecule has 4 nitrogen and oxygen atoms in total. The van der Waals surface area contributed by atoms with Gasteiger partial charge in [0.15, 0.2) is 5.75 Å². The number of phenols is 1. The lowest BCUT2D eigenvalue weighted by atomic mass is 10.3. The molecule has 0 aliphatic rings. The van der Waals surface area contributed by atoms with Crippen LogP contribution < -0.4 is 5.32 Å². The summed E-state index contributed by atoms with van der Waals surface area (Å²) < 4.78 is 0.453. The number of hydrogen-bond acceptors (Lipinski definition) is 2. The van der Waals surface area contributed by atoms with Gasteiger partial charge < -0.3 is 10.2 Å². The first-order chi connectivity index (χ1) is 5.61. The zero-order chi connectivity index (χ0) is 9.14. The van der Waals surface area contributed by atoms with Crippen molar-refractivity contribution in [3.8, 4) is 5.75 Å². The van der Waals surface area contributed by atoms with Crippen LogP contribution in [0.3, 0.4) is 0 Å². The van der Waals surface area contributed by atoms with E-state index in [1.54, 1.807) is 12.1 Å². The Hall–Kier alpha value is -1.23. The molecule has 0 spiro atoms. The minimum atomic E-state index is -1.21. The van der Waals surface area contributed by atoms with Crippen molar-refractivity contribution in [1.82, 2.24) is 0 Å². The Morgan fingerprint density at radius 3 is 2.75 bits per heavy atom. The zero-order valence-corrected chi connectivity index (χ0v) is 7.50. The van der Waals surface area contributed by atoms with E-state index in [1.165, 1.54) is 6.07 Å². The third-order valence-electron chi connectivity index (χ3n) is 1.23. The number of phenolic OH excluding ortho intramolecular Hbond substituents is 1. The normalized spacial score (nSPS) is 9.42. The lowest BCUT2D eigenvalue weighted by molar-refractivity contribution is 0.209. The molecule has 1 rings (SSSR count). The summed E-state index contributed by atoms with van der Waals surface area (Å²) in [6.45, 7) is 0. The maximum Gasteiger partial charge on any atom is 0.409 e. The van der Waals surface area contributed by atoms with Crippen molar-refractivity contribution in [3.63, 3.8) is 0 Å². The van der Waals surface area contributed by atoms with Gasteiger partial charge in [-0.3, -0.25) is 5.32 Å². The fraction of sp³-hybridized carbons (Fsp3) is 0. The highest BCUT2D eigenvalue weighted by Gasteiger charge is 2.05. The molecule has 1 amide bonds. The molecule has 0 bridgehead atoms. The minimum Gasteiger partial charge on any atom is -0.505 e. The van der Waals surface area contributed by atoms with Gasteiger partial charge in [0.25, 0.3) is 0 Å². The van der Waals surface area contributed by atoms with Gasteiger partial charge in [-0.05, 0) is 28.1 Å². The van der Waals surface area contributed by atoms with Gasteiger partial charge in [-0.2, -0.15) is 0 Å². The Labute approximate surface area is 77.0 Å². The number of rotatable bonds is 1. The van der Waals surface area contributed by atoms with Crippen molar-refractivity contribution >= 4 is 27.7 Å². The highest BCUT2D eigenvalue weighted by Crippen LogP contribution is 2.31. The van der Waals surface area contributed by atoms with E-state index >= 15 is 0 Å². The Bertz CT molecular complexity index is 314. The first-order valence-corrected chi connectivity index (χ1v) is 3.88. The molecular formula is C7H6BrNO3. The second-order valence-corrected chi connectivity index (χ2v) is 2.92. The number of hydrogen-bond donors (Lipinski definition) is 3. The topological polar surface area (TPSA) is 69.6 Å². The van der Waals surface area contributed by atoms with Crippen molar-refractivity contribution in [2.75, 3.05) is 5.32 Å². The SMILES string of the molecule is O=C(O)Nc1cccc(Br)c1O. The number of carbonyl (C=O) groups is 1. The second kappa shape index (κ2) is 3.44. The van der Waals surface area contributed by atoms with E-state index in [2.05, 4.69) is 21.2 Å². The molecule has 0 aromatic heterocycles. The van der Waals surface area contributed by atoms with E-state index in [0.717, 1.165) is 0 Å². The van der Waals surface area contributed by atoms with Crippen LogP contribution in [0.4, 0.5) is 10.5 Å². The Kier molecular flexibility index (Phi) is 2.54. The van der Waals surface area contributed by atoms with E-state index in [1.807, 2.05) is 0 Å². The Morgan fingerprint density at radius 1 is 1.50 bits per heavy atom. The predicted octanol–water partition coefficient (Wildman–Crippen LogP) is 2.24. The third kappa shape index (κ3) is 1.88. The van der Waals surface area contributed by atoms with Crippen LogP contribution in [-0.2, 0) is 0 Å². The van der Waals surface area contributed by atoms with Crippen molar-refractivity contribution in [3.05, 3.63) is 22.7 Å². The molecule has 0 unspecified atom stereocenters. The van der Waals surface area contributed by atoms with Crippen molar-refractivity contribution in [2.24, 2.45) is 0 Å². The third-order valence-corrected chi connectivity index (χ3v) is 1.87. The largest absolute Gasteiger partial charge is 0.505 e. The average molecular weight is 232 g/mol. The maximum absolute atomic E-state index is 10.2. The van der Waals surface area contributed by atoms with Gasteiger partial charge in [0, 0.05) is 0 Å². The van der Waals surface area contributed by atoms with E-state index in [0.29, 0.717) is 4.47 Å². The molecule has 5 heteroatoms. The predicted molar refractivity (Wildman–Crippen MR) is 47.5 cm³/mol. The van der Waals surface area contributed by atoms with Crippen LogP contribution in [-0.4, -0.2) is 16.3 Å². The maximum atomic E-state index is 10.2. The zero-order valence-electron chi connectivity index (χ0n) is 5.91. The van der Waals surface area contributed by atoms with E-state index in [4.69, 9.17) is 5.11 Å². The summed E-state index contributed by atoms with van der Waals surface area (Å²) in [5.41, 5.74) is 0.164. The number of aromatic hydroxyl groups is 1. The number of carboxylic acid groups (broad SMARTS) is 1. The molecular weight excluding hydrogens is 226 g/mol. The molecule has 3 N–H and O–H groups in total. The molecule has 0 fully saturated rings. The van der Waals surface area contributed by atoms with Crippen LogP contribution in [0.25, 0.3) is 0 Å². The highest BCUT2D eigenvalue weighted by atomic mass is 79.9. The molecule has 0 saturated carbocycles. The summed E-state index contributed by atoms with van der Waals surface area (Å²) in [6.07, 6.45) is -1.21. The van der Waals surface area contributed by atoms with Crippen LogP contribution in [0.2, 0.25) is 0 Å². The first kappa shape index (κ1) is 8.86. The number of amides is 1. The first-order valence-electron chi connectivity index (χ1n) is 3.08. The molecule has 0 aliphatic heterocycles. The number of benzene rings is 1. The number of halogens is 1. The molecule has 0 atom stereocenters. The van der Waals surface area contributed by atoms with E-state index in [-0.39, 0.29) is 11.4 Å². The van der Waals surface area contributed by atoms with Crippen LogP contribution >= 0.6 is 15.9 Å². The summed E-state index contributed by atoms with van der Waals surface area (Å²) in [5, 5.41) is 19.7. The van der Waals surface area contributed by atoms with E-state index < -0.39 is 6.09 Å². The second-order valence-electron chi connectivity index (χ2n) is 2.07. The van der Waals surface area contributed by atoms with Crippen molar-refractivity contribution < 1.29 is 15.0 Å². The molecule has 0 saturated heterocycles. The van der Waals surface area contributed by atoms with Gasteiger partial charge in [0.1, 0.15) is 0 Å². The van der Waals surface area contributed by atoms with Gasteiger partial charge in [-0.1, -0.05) is 6.07 Å². The number of para-hydroxylation sites is 1. The summed E-state index contributed by atoms with van der Waals surface area (Å²) >= 11 is 3.05. The number of anilines is 1. The van der Waals surface area contributed by atoms with Gasteiger partial charge in [0.05, 0.1) is 10.2 Å². The Morgan fingerprint density at radius 2 is 2.17 bits per heavy atom. The standard InChI is InChI=1S/C7H6BrNO3/c8-4-2-1-3-5(6(4)10)9-7(11)12/h1-3,9-10H,(H,11,12). The van der Waals surface area contributed by atoms with Crippen LogP contribution in [0.1, 0.15) is 0 Å².